The number of nitrogens with one attached hydrogen (secondary N) is 1. The molecule has 0 saturated carbocycles. The fraction of sp³-hybridized carbons (Fsp3) is 0.786. The summed E-state index contributed by atoms with van der Waals surface area (Å²) in [5, 5.41) is 16.8. The first-order valence-corrected chi connectivity index (χ1v) is 9.41. The van der Waals surface area contributed by atoms with Crippen LogP contribution in [0.5, 0.6) is 0 Å². The lowest BCUT2D eigenvalue weighted by Gasteiger charge is -2.27. The minimum Gasteiger partial charge on any atom is -0.394 e. The number of aromatic nitrogens is 2. The standard InChI is InChI=1S/C14H25N3O3S/c1-3-21(19,20)10-11(2)16-13-5-4-6-14-12(13)9-15-17(14)7-8-18/h9,11,13,16,18H,3-8,10H2,1-2H3. The molecule has 2 unspecified atom stereocenters. The summed E-state index contributed by atoms with van der Waals surface area (Å²) in [6, 6.07) is 0.0790. The summed E-state index contributed by atoms with van der Waals surface area (Å²) >= 11 is 0. The Balaban J connectivity index is 2.06. The third-order valence-electron chi connectivity index (χ3n) is 4.00. The van der Waals surface area contributed by atoms with Crippen molar-refractivity contribution >= 4 is 9.84 Å². The van der Waals surface area contributed by atoms with Crippen LogP contribution in [-0.2, 0) is 22.8 Å². The quantitative estimate of drug-likeness (QED) is 0.772. The summed E-state index contributed by atoms with van der Waals surface area (Å²) in [6.07, 6.45) is 4.86. The van der Waals surface area contributed by atoms with E-state index in [0.717, 1.165) is 24.8 Å². The molecule has 2 rings (SSSR count). The number of nitrogens with zero attached hydrogens (tertiary/aromatic N) is 2. The molecule has 7 heteroatoms. The van der Waals surface area contributed by atoms with Crippen LogP contribution in [0.2, 0.25) is 0 Å². The smallest absolute Gasteiger partial charge is 0.151 e. The van der Waals surface area contributed by atoms with Gasteiger partial charge in [-0.1, -0.05) is 6.92 Å². The molecule has 0 amide bonds. The molecule has 1 heterocycles. The highest BCUT2D eigenvalue weighted by Gasteiger charge is 2.26. The van der Waals surface area contributed by atoms with Gasteiger partial charge in [0.1, 0.15) is 0 Å². The minimum absolute atomic E-state index is 0.0768. The maximum Gasteiger partial charge on any atom is 0.151 e. The highest BCUT2D eigenvalue weighted by molar-refractivity contribution is 7.91. The molecule has 0 aromatic carbocycles. The first-order valence-electron chi connectivity index (χ1n) is 7.58. The Morgan fingerprint density at radius 1 is 1.57 bits per heavy atom. The second-order valence-electron chi connectivity index (χ2n) is 5.70. The summed E-state index contributed by atoms with van der Waals surface area (Å²) in [5.74, 6) is 0.351. The maximum atomic E-state index is 11.7. The molecule has 0 aliphatic heterocycles. The van der Waals surface area contributed by atoms with Gasteiger partial charge in [-0.25, -0.2) is 8.42 Å². The molecule has 0 saturated heterocycles. The Morgan fingerprint density at radius 2 is 2.33 bits per heavy atom. The number of aliphatic hydroxyl groups is 1. The maximum absolute atomic E-state index is 11.7. The molecule has 6 nitrogen and oxygen atoms in total. The lowest BCUT2D eigenvalue weighted by atomic mass is 9.92. The second-order valence-corrected chi connectivity index (χ2v) is 8.10. The highest BCUT2D eigenvalue weighted by Crippen LogP contribution is 2.30. The van der Waals surface area contributed by atoms with E-state index in [-0.39, 0.29) is 30.2 Å². The minimum atomic E-state index is -2.97. The van der Waals surface area contributed by atoms with Gasteiger partial charge < -0.3 is 10.4 Å². The van der Waals surface area contributed by atoms with Crippen LogP contribution in [0.15, 0.2) is 6.20 Å². The number of hydrogen-bond acceptors (Lipinski definition) is 5. The molecule has 1 aromatic rings. The third-order valence-corrected chi connectivity index (χ3v) is 5.89. The van der Waals surface area contributed by atoms with Crippen LogP contribution >= 0.6 is 0 Å². The lowest BCUT2D eigenvalue weighted by Crippen LogP contribution is -2.37. The summed E-state index contributed by atoms with van der Waals surface area (Å²) in [4.78, 5) is 0. The van der Waals surface area contributed by atoms with E-state index >= 15 is 0 Å². The van der Waals surface area contributed by atoms with Crippen molar-refractivity contribution in [2.24, 2.45) is 0 Å². The molecule has 0 fully saturated rings. The van der Waals surface area contributed by atoms with Gasteiger partial charge in [-0.05, 0) is 26.2 Å². The van der Waals surface area contributed by atoms with Gasteiger partial charge in [0.05, 0.1) is 25.1 Å². The normalized spacial score (nSPS) is 20.2. The first-order chi connectivity index (χ1) is 9.96. The third kappa shape index (κ3) is 4.05. The van der Waals surface area contributed by atoms with Gasteiger partial charge in [-0.2, -0.15) is 5.10 Å². The van der Waals surface area contributed by atoms with Gasteiger partial charge in [-0.3, -0.25) is 4.68 Å². The number of fused-ring (bicyclic) bond motifs is 1. The van der Waals surface area contributed by atoms with Gasteiger partial charge in [-0.15, -0.1) is 0 Å². The molecule has 0 bridgehead atoms. The van der Waals surface area contributed by atoms with Crippen LogP contribution < -0.4 is 5.32 Å². The predicted octanol–water partition coefficient (Wildman–Crippen LogP) is 0.666. The van der Waals surface area contributed by atoms with Gasteiger partial charge in [0.15, 0.2) is 9.84 Å². The Kier molecular flexibility index (Phi) is 5.40. The van der Waals surface area contributed by atoms with Crippen LogP contribution in [-0.4, -0.2) is 47.5 Å². The van der Waals surface area contributed by atoms with Crippen molar-refractivity contribution in [1.82, 2.24) is 15.1 Å². The van der Waals surface area contributed by atoms with E-state index in [1.54, 1.807) is 6.92 Å². The molecule has 2 atom stereocenters. The fourth-order valence-corrected chi connectivity index (χ4v) is 4.06. The van der Waals surface area contributed by atoms with Gasteiger partial charge in [0.25, 0.3) is 0 Å². The largest absolute Gasteiger partial charge is 0.394 e. The number of rotatable bonds is 7. The van der Waals surface area contributed by atoms with Gasteiger partial charge >= 0.3 is 0 Å². The van der Waals surface area contributed by atoms with E-state index in [4.69, 9.17) is 5.11 Å². The topological polar surface area (TPSA) is 84.2 Å². The molecule has 120 valence electrons. The second kappa shape index (κ2) is 6.89. The molecule has 2 N–H and O–H groups in total. The first kappa shape index (κ1) is 16.5. The van der Waals surface area contributed by atoms with Gasteiger partial charge in [0.2, 0.25) is 0 Å². The van der Waals surface area contributed by atoms with E-state index < -0.39 is 9.84 Å². The van der Waals surface area contributed by atoms with Crippen molar-refractivity contribution in [2.75, 3.05) is 18.1 Å². The van der Waals surface area contributed by atoms with Crippen LogP contribution in [0.4, 0.5) is 0 Å². The number of hydrogen-bond donors (Lipinski definition) is 2. The van der Waals surface area contributed by atoms with Crippen LogP contribution in [0.3, 0.4) is 0 Å². The van der Waals surface area contributed by atoms with Crippen LogP contribution in [0.25, 0.3) is 0 Å². The van der Waals surface area contributed by atoms with E-state index in [1.165, 1.54) is 5.69 Å². The summed E-state index contributed by atoms with van der Waals surface area (Å²) in [7, 11) is -2.97. The Labute approximate surface area is 126 Å². The molecule has 1 aromatic heterocycles. The fourth-order valence-electron chi connectivity index (χ4n) is 2.97. The Bertz CT molecular complexity index is 568. The molecule has 1 aliphatic rings. The van der Waals surface area contributed by atoms with Crippen molar-refractivity contribution in [3.05, 3.63) is 17.5 Å². The summed E-state index contributed by atoms with van der Waals surface area (Å²) in [6.45, 7) is 4.19. The molecule has 0 radical (unpaired) electrons. The molecule has 1 aliphatic carbocycles. The zero-order chi connectivity index (χ0) is 15.5. The van der Waals surface area contributed by atoms with E-state index in [9.17, 15) is 8.42 Å². The number of sulfone groups is 1. The molecular formula is C14H25N3O3S. The monoisotopic (exact) mass is 315 g/mol. The van der Waals surface area contributed by atoms with Crippen molar-refractivity contribution in [2.45, 2.75) is 51.7 Å². The molecular weight excluding hydrogens is 290 g/mol. The van der Waals surface area contributed by atoms with Crippen molar-refractivity contribution in [3.63, 3.8) is 0 Å². The van der Waals surface area contributed by atoms with E-state index in [2.05, 4.69) is 10.4 Å². The van der Waals surface area contributed by atoms with Crippen molar-refractivity contribution in [3.8, 4) is 0 Å². The Morgan fingerprint density at radius 3 is 3.00 bits per heavy atom. The van der Waals surface area contributed by atoms with Crippen molar-refractivity contribution < 1.29 is 13.5 Å². The average molecular weight is 315 g/mol. The van der Waals surface area contributed by atoms with Crippen LogP contribution in [0, 0.1) is 0 Å². The highest BCUT2D eigenvalue weighted by atomic mass is 32.2. The predicted molar refractivity (Wildman–Crippen MR) is 81.9 cm³/mol. The SMILES string of the molecule is CCS(=O)(=O)CC(C)NC1CCCc2c1cnn2CCO. The van der Waals surface area contributed by atoms with E-state index in [1.807, 2.05) is 17.8 Å². The Hall–Kier alpha value is -0.920. The molecule has 0 spiro atoms. The molecule has 21 heavy (non-hydrogen) atoms. The van der Waals surface area contributed by atoms with Gasteiger partial charge in [0, 0.05) is 29.1 Å². The lowest BCUT2D eigenvalue weighted by molar-refractivity contribution is 0.266. The zero-order valence-electron chi connectivity index (χ0n) is 12.7. The summed E-state index contributed by atoms with van der Waals surface area (Å²) in [5.41, 5.74) is 2.31. The van der Waals surface area contributed by atoms with E-state index in [0.29, 0.717) is 6.54 Å². The van der Waals surface area contributed by atoms with Crippen LogP contribution in [0.1, 0.15) is 44.0 Å². The zero-order valence-corrected chi connectivity index (χ0v) is 13.6. The number of aliphatic hydroxyl groups excluding tert-OH is 1. The summed E-state index contributed by atoms with van der Waals surface area (Å²) < 4.78 is 25.3. The average Bonchev–Trinajstić information content (AvgIpc) is 2.83. The van der Waals surface area contributed by atoms with Crippen molar-refractivity contribution in [1.29, 1.82) is 0 Å².